The molecule has 3 heteroatoms. The Hall–Kier alpha value is -2.13. The molecule has 3 nitrogen and oxygen atoms in total. The zero-order valence-corrected chi connectivity index (χ0v) is 14.9. The third kappa shape index (κ3) is 3.34. The van der Waals surface area contributed by atoms with Gasteiger partial charge in [-0.15, -0.1) is 0 Å². The minimum atomic E-state index is 0.113. The number of nitrogens with zero attached hydrogens (tertiary/aromatic N) is 2. The minimum Gasteiger partial charge on any atom is -0.305 e. The van der Waals surface area contributed by atoms with Crippen LogP contribution in [-0.4, -0.2) is 29.9 Å². The lowest BCUT2D eigenvalue weighted by atomic mass is 10.1. The van der Waals surface area contributed by atoms with E-state index in [2.05, 4.69) is 42.2 Å². The minimum absolute atomic E-state index is 0.113. The molecule has 0 saturated carbocycles. The molecule has 1 atom stereocenters. The van der Waals surface area contributed by atoms with Gasteiger partial charge in [0.2, 0.25) is 0 Å². The van der Waals surface area contributed by atoms with Gasteiger partial charge >= 0.3 is 0 Å². The van der Waals surface area contributed by atoms with Gasteiger partial charge in [-0.25, -0.2) is 0 Å². The molecule has 2 aliphatic rings. The normalized spacial score (nSPS) is 20.5. The lowest BCUT2D eigenvalue weighted by Gasteiger charge is -2.26. The summed E-state index contributed by atoms with van der Waals surface area (Å²) < 4.78 is 0. The molecule has 1 fully saturated rings. The van der Waals surface area contributed by atoms with Crippen molar-refractivity contribution in [1.82, 2.24) is 4.90 Å². The first-order chi connectivity index (χ1) is 12.2. The van der Waals surface area contributed by atoms with Crippen molar-refractivity contribution in [2.75, 3.05) is 18.0 Å². The molecule has 2 aliphatic heterocycles. The van der Waals surface area contributed by atoms with Gasteiger partial charge < -0.3 is 4.90 Å². The van der Waals surface area contributed by atoms with Crippen molar-refractivity contribution in [3.05, 3.63) is 65.2 Å². The largest absolute Gasteiger partial charge is 0.305 e. The molecule has 25 heavy (non-hydrogen) atoms. The number of amides is 1. The van der Waals surface area contributed by atoms with Crippen molar-refractivity contribution in [3.63, 3.8) is 0 Å². The summed E-state index contributed by atoms with van der Waals surface area (Å²) in [5.41, 5.74) is 4.42. The topological polar surface area (TPSA) is 23.6 Å². The maximum Gasteiger partial charge on any atom is 0.258 e. The summed E-state index contributed by atoms with van der Waals surface area (Å²) in [6.45, 7) is 5.52. The van der Waals surface area contributed by atoms with E-state index < -0.39 is 0 Å². The molecule has 2 aromatic rings. The number of carbonyl (C=O) groups excluding carboxylic acids is 1. The molecule has 130 valence electrons. The summed E-state index contributed by atoms with van der Waals surface area (Å²) >= 11 is 0. The number of benzene rings is 2. The molecule has 0 aromatic heterocycles. The number of rotatable bonds is 3. The van der Waals surface area contributed by atoms with E-state index in [1.165, 1.54) is 43.5 Å². The summed E-state index contributed by atoms with van der Waals surface area (Å²) in [6.07, 6.45) is 4.92. The second kappa shape index (κ2) is 7.01. The molecule has 2 aromatic carbocycles. The van der Waals surface area contributed by atoms with Gasteiger partial charge in [0.05, 0.1) is 0 Å². The Morgan fingerprint density at radius 2 is 1.72 bits per heavy atom. The van der Waals surface area contributed by atoms with Gasteiger partial charge in [-0.2, -0.15) is 0 Å². The summed E-state index contributed by atoms with van der Waals surface area (Å²) in [6, 6.07) is 16.7. The van der Waals surface area contributed by atoms with E-state index in [4.69, 9.17) is 0 Å². The van der Waals surface area contributed by atoms with E-state index >= 15 is 0 Å². The number of para-hydroxylation sites is 1. The number of hydrogen-bond donors (Lipinski definition) is 0. The highest BCUT2D eigenvalue weighted by Gasteiger charge is 2.31. The third-order valence-corrected chi connectivity index (χ3v) is 5.48. The highest BCUT2D eigenvalue weighted by Crippen LogP contribution is 2.33. The molecule has 0 spiro atoms. The van der Waals surface area contributed by atoms with Crippen LogP contribution >= 0.6 is 0 Å². The van der Waals surface area contributed by atoms with Gasteiger partial charge in [0, 0.05) is 23.8 Å². The molecule has 2 heterocycles. The van der Waals surface area contributed by atoms with Gasteiger partial charge in [-0.05, 0) is 68.6 Å². The molecule has 0 unspecified atom stereocenters. The monoisotopic (exact) mass is 334 g/mol. The lowest BCUT2D eigenvalue weighted by molar-refractivity contribution is 0.0981. The van der Waals surface area contributed by atoms with Crippen LogP contribution in [0, 0.1) is 0 Å². The Morgan fingerprint density at radius 3 is 2.48 bits per heavy atom. The van der Waals surface area contributed by atoms with Crippen LogP contribution in [0.3, 0.4) is 0 Å². The summed E-state index contributed by atoms with van der Waals surface area (Å²) in [5.74, 6) is 0.113. The van der Waals surface area contributed by atoms with Gasteiger partial charge in [0.25, 0.3) is 5.91 Å². The Balaban J connectivity index is 1.49. The van der Waals surface area contributed by atoms with Crippen LogP contribution in [0.15, 0.2) is 48.5 Å². The molecule has 1 saturated heterocycles. The van der Waals surface area contributed by atoms with Crippen molar-refractivity contribution >= 4 is 11.6 Å². The molecular formula is C22H26N2O. The van der Waals surface area contributed by atoms with Crippen molar-refractivity contribution in [2.45, 2.75) is 45.2 Å². The Kier molecular flexibility index (Phi) is 4.58. The maximum absolute atomic E-state index is 13.0. The molecule has 0 bridgehead atoms. The SMILES string of the molecule is C[C@H]1Cc2ccccc2N1C(=O)c1ccc(CN2CCCCC2)cc1. The molecule has 0 aliphatic carbocycles. The van der Waals surface area contributed by atoms with Crippen molar-refractivity contribution in [2.24, 2.45) is 0 Å². The summed E-state index contributed by atoms with van der Waals surface area (Å²) in [5, 5.41) is 0. The van der Waals surface area contributed by atoms with Crippen LogP contribution in [0.1, 0.15) is 47.7 Å². The summed E-state index contributed by atoms with van der Waals surface area (Å²) in [7, 11) is 0. The van der Waals surface area contributed by atoms with E-state index in [9.17, 15) is 4.79 Å². The van der Waals surface area contributed by atoms with Crippen molar-refractivity contribution in [3.8, 4) is 0 Å². The Morgan fingerprint density at radius 1 is 1.00 bits per heavy atom. The molecule has 4 rings (SSSR count). The third-order valence-electron chi connectivity index (χ3n) is 5.48. The van der Waals surface area contributed by atoms with Crippen LogP contribution in [-0.2, 0) is 13.0 Å². The van der Waals surface area contributed by atoms with Crippen molar-refractivity contribution in [1.29, 1.82) is 0 Å². The van der Waals surface area contributed by atoms with E-state index in [-0.39, 0.29) is 11.9 Å². The second-order valence-electron chi connectivity index (χ2n) is 7.39. The fraction of sp³-hybridized carbons (Fsp3) is 0.409. The summed E-state index contributed by atoms with van der Waals surface area (Å²) in [4.78, 5) is 17.5. The average molecular weight is 334 g/mol. The predicted molar refractivity (Wildman–Crippen MR) is 102 cm³/mol. The maximum atomic E-state index is 13.0. The standard InChI is InChI=1S/C22H26N2O/c1-17-15-20-7-3-4-8-21(20)24(17)22(25)19-11-9-18(10-12-19)16-23-13-5-2-6-14-23/h3-4,7-12,17H,2,5-6,13-16H2,1H3/t17-/m0/s1. The van der Waals surface area contributed by atoms with E-state index in [0.717, 1.165) is 24.2 Å². The second-order valence-corrected chi connectivity index (χ2v) is 7.39. The predicted octanol–water partition coefficient (Wildman–Crippen LogP) is 4.26. The number of likely N-dealkylation sites (tertiary alicyclic amines) is 1. The number of anilines is 1. The van der Waals surface area contributed by atoms with Crippen LogP contribution < -0.4 is 4.90 Å². The van der Waals surface area contributed by atoms with E-state index in [1.54, 1.807) is 0 Å². The van der Waals surface area contributed by atoms with Crippen LogP contribution in [0.25, 0.3) is 0 Å². The number of piperidine rings is 1. The van der Waals surface area contributed by atoms with E-state index in [1.807, 2.05) is 23.1 Å². The highest BCUT2D eigenvalue weighted by atomic mass is 16.2. The van der Waals surface area contributed by atoms with Gasteiger partial charge in [0.15, 0.2) is 0 Å². The van der Waals surface area contributed by atoms with Gasteiger partial charge in [-0.3, -0.25) is 9.69 Å². The zero-order valence-electron chi connectivity index (χ0n) is 14.9. The van der Waals surface area contributed by atoms with Gasteiger partial charge in [0.1, 0.15) is 0 Å². The first-order valence-electron chi connectivity index (χ1n) is 9.45. The van der Waals surface area contributed by atoms with Gasteiger partial charge in [-0.1, -0.05) is 36.8 Å². The Labute approximate surface area is 150 Å². The van der Waals surface area contributed by atoms with Crippen LogP contribution in [0.2, 0.25) is 0 Å². The number of fused-ring (bicyclic) bond motifs is 1. The molecule has 0 N–H and O–H groups in total. The molecular weight excluding hydrogens is 308 g/mol. The molecule has 1 amide bonds. The smallest absolute Gasteiger partial charge is 0.258 e. The van der Waals surface area contributed by atoms with Crippen molar-refractivity contribution < 1.29 is 4.79 Å². The van der Waals surface area contributed by atoms with Crippen LogP contribution in [0.5, 0.6) is 0 Å². The first kappa shape index (κ1) is 16.3. The number of carbonyl (C=O) groups is 1. The average Bonchev–Trinajstić information content (AvgIpc) is 2.98. The highest BCUT2D eigenvalue weighted by molar-refractivity contribution is 6.07. The van der Waals surface area contributed by atoms with E-state index in [0.29, 0.717) is 0 Å². The zero-order chi connectivity index (χ0) is 17.2. The number of hydrogen-bond acceptors (Lipinski definition) is 2. The lowest BCUT2D eigenvalue weighted by Crippen LogP contribution is -2.35. The fourth-order valence-electron chi connectivity index (χ4n) is 4.14. The molecule has 0 radical (unpaired) electrons. The fourth-order valence-corrected chi connectivity index (χ4v) is 4.14. The first-order valence-corrected chi connectivity index (χ1v) is 9.45. The quantitative estimate of drug-likeness (QED) is 0.837. The van der Waals surface area contributed by atoms with Crippen LogP contribution in [0.4, 0.5) is 5.69 Å². The Bertz CT molecular complexity index is 747.